The molecule has 0 aliphatic rings. The van der Waals surface area contributed by atoms with Crippen LogP contribution in [0, 0.1) is 0 Å². The van der Waals surface area contributed by atoms with Crippen molar-refractivity contribution < 1.29 is 17.1 Å². The van der Waals surface area contributed by atoms with Crippen LogP contribution in [0.1, 0.15) is 0 Å². The Morgan fingerprint density at radius 2 is 1.42 bits per heavy atom. The van der Waals surface area contributed by atoms with Crippen LogP contribution in [0.2, 0.25) is 5.02 Å². The average Bonchev–Trinajstić information content (AvgIpc) is 2.57. The summed E-state index contributed by atoms with van der Waals surface area (Å²) in [6.45, 7) is 0. The molecule has 66 valence electrons. The Balaban J connectivity index is 0.000000189. The molecule has 0 unspecified atom stereocenters. The molecule has 0 bridgehead atoms. The second-order valence-corrected chi connectivity index (χ2v) is 2.50. The van der Waals surface area contributed by atoms with Gasteiger partial charge in [0.2, 0.25) is 0 Å². The van der Waals surface area contributed by atoms with Gasteiger partial charge in [0.25, 0.3) is 0 Å². The summed E-state index contributed by atoms with van der Waals surface area (Å²) in [4.78, 5) is 0. The summed E-state index contributed by atoms with van der Waals surface area (Å²) in [7, 11) is 0. The largest absolute Gasteiger partial charge is 0.214 e. The zero-order chi connectivity index (χ0) is 7.94. The molecule has 0 saturated carbocycles. The van der Waals surface area contributed by atoms with Gasteiger partial charge >= 0.3 is 0 Å². The van der Waals surface area contributed by atoms with Gasteiger partial charge in [-0.1, -0.05) is 5.02 Å². The minimum atomic E-state index is 0. The summed E-state index contributed by atoms with van der Waals surface area (Å²) < 4.78 is 0. The predicted molar refractivity (Wildman–Crippen MR) is 49.1 cm³/mol. The van der Waals surface area contributed by atoms with Crippen molar-refractivity contribution >= 4 is 11.6 Å². The van der Waals surface area contributed by atoms with Crippen molar-refractivity contribution in [3.63, 3.8) is 0 Å². The Kier molecular flexibility index (Phi) is 6.88. The quantitative estimate of drug-likeness (QED) is 0.471. The molecule has 0 spiro atoms. The van der Waals surface area contributed by atoms with Crippen LogP contribution in [0.3, 0.4) is 0 Å². The van der Waals surface area contributed by atoms with E-state index in [1.54, 1.807) is 0 Å². The molecule has 0 fully saturated rings. The summed E-state index contributed by atoms with van der Waals surface area (Å²) in [6.07, 6.45) is 0. The Morgan fingerprint density at radius 1 is 0.917 bits per heavy atom. The molecular weight excluding hydrogens is 211 g/mol. The fourth-order valence-corrected chi connectivity index (χ4v) is 0.817. The molecule has 12 heavy (non-hydrogen) atoms. The van der Waals surface area contributed by atoms with Gasteiger partial charge in [-0.25, -0.2) is 24.3 Å². The first-order valence-corrected chi connectivity index (χ1v) is 3.81. The third-order valence-electron chi connectivity index (χ3n) is 1.18. The maximum Gasteiger partial charge on any atom is 0 e. The third-order valence-corrected chi connectivity index (χ3v) is 1.43. The van der Waals surface area contributed by atoms with Crippen molar-refractivity contribution in [2.75, 3.05) is 0 Å². The number of hydrogen-bond donors (Lipinski definition) is 0. The van der Waals surface area contributed by atoms with Gasteiger partial charge in [-0.15, -0.1) is 0 Å². The van der Waals surface area contributed by atoms with Crippen molar-refractivity contribution in [3.8, 4) is 0 Å². The van der Waals surface area contributed by atoms with Crippen LogP contribution in [0.25, 0.3) is 0 Å². The van der Waals surface area contributed by atoms with Gasteiger partial charge in [0.05, 0.1) is 0 Å². The van der Waals surface area contributed by atoms with Gasteiger partial charge in [0, 0.05) is 17.1 Å². The Bertz CT molecular complexity index is 228. The first kappa shape index (κ1) is 11.5. The zero-order valence-electron chi connectivity index (χ0n) is 6.43. The number of halogens is 1. The summed E-state index contributed by atoms with van der Waals surface area (Å²) in [6, 6.07) is 17.5. The summed E-state index contributed by atoms with van der Waals surface area (Å²) >= 11 is 5.46. The predicted octanol–water partition coefficient (Wildman–Crippen LogP) is 3.46. The molecular formula is C10H9ClFe-2. The molecule has 2 rings (SSSR count). The van der Waals surface area contributed by atoms with E-state index in [0.29, 0.717) is 0 Å². The molecule has 0 aromatic heterocycles. The average molecular weight is 220 g/mol. The molecule has 0 heterocycles. The van der Waals surface area contributed by atoms with Gasteiger partial charge in [0.15, 0.2) is 0 Å². The minimum Gasteiger partial charge on any atom is -0.214 e. The molecule has 0 aliphatic carbocycles. The fraction of sp³-hybridized carbons (Fsp3) is 0. The van der Waals surface area contributed by atoms with Gasteiger partial charge in [-0.2, -0.15) is 41.9 Å². The summed E-state index contributed by atoms with van der Waals surface area (Å²) in [5.74, 6) is 0. The molecule has 0 aliphatic heterocycles. The van der Waals surface area contributed by atoms with E-state index in [2.05, 4.69) is 0 Å². The van der Waals surface area contributed by atoms with E-state index in [0.717, 1.165) is 5.02 Å². The fourth-order valence-electron chi connectivity index (χ4n) is 0.671. The second-order valence-electron chi connectivity index (χ2n) is 2.07. The van der Waals surface area contributed by atoms with Crippen molar-refractivity contribution in [1.82, 2.24) is 0 Å². The molecule has 0 nitrogen and oxygen atoms in total. The van der Waals surface area contributed by atoms with Gasteiger partial charge in [0.1, 0.15) is 0 Å². The molecule has 0 amide bonds. The number of rotatable bonds is 0. The Morgan fingerprint density at radius 3 is 1.58 bits per heavy atom. The maximum absolute atomic E-state index is 5.46. The van der Waals surface area contributed by atoms with Crippen molar-refractivity contribution in [2.24, 2.45) is 0 Å². The van der Waals surface area contributed by atoms with Crippen LogP contribution in [-0.4, -0.2) is 0 Å². The topological polar surface area (TPSA) is 0 Å². The van der Waals surface area contributed by atoms with Crippen LogP contribution in [-0.2, 0) is 17.1 Å². The Hall–Kier alpha value is -0.491. The molecule has 0 atom stereocenters. The smallest absolute Gasteiger partial charge is 0 e. The molecule has 0 N–H and O–H groups in total. The first-order valence-electron chi connectivity index (χ1n) is 3.43. The number of hydrogen-bond acceptors (Lipinski definition) is 0. The van der Waals surface area contributed by atoms with Crippen molar-refractivity contribution in [2.45, 2.75) is 0 Å². The SMILES string of the molecule is Cl[c-]1cccc1.[Fe].c1cc[cH-]c1. The second kappa shape index (κ2) is 7.17. The van der Waals surface area contributed by atoms with Gasteiger partial charge in [-0.3, -0.25) is 0 Å². The standard InChI is InChI=1S/C5H4Cl.C5H5.Fe/c6-5-3-1-2-4-5;1-2-4-5-3-1;/h1-4H;1-5H;/q2*-1;. The van der Waals surface area contributed by atoms with Crippen LogP contribution in [0.5, 0.6) is 0 Å². The monoisotopic (exact) mass is 220 g/mol. The third kappa shape index (κ3) is 5.20. The van der Waals surface area contributed by atoms with Crippen molar-refractivity contribution in [1.29, 1.82) is 0 Å². The van der Waals surface area contributed by atoms with Crippen LogP contribution in [0.15, 0.2) is 54.6 Å². The van der Waals surface area contributed by atoms with E-state index in [1.165, 1.54) is 0 Å². The minimum absolute atomic E-state index is 0. The zero-order valence-corrected chi connectivity index (χ0v) is 8.29. The van der Waals surface area contributed by atoms with Gasteiger partial charge < -0.3 is 0 Å². The summed E-state index contributed by atoms with van der Waals surface area (Å²) in [5.41, 5.74) is 0. The molecule has 0 radical (unpaired) electrons. The first-order chi connectivity index (χ1) is 5.39. The molecule has 2 heteroatoms. The van der Waals surface area contributed by atoms with Crippen molar-refractivity contribution in [3.05, 3.63) is 59.6 Å². The van der Waals surface area contributed by atoms with E-state index in [1.807, 2.05) is 54.6 Å². The van der Waals surface area contributed by atoms with E-state index in [9.17, 15) is 0 Å². The normalized spacial score (nSPS) is 7.75. The maximum atomic E-state index is 5.46. The summed E-state index contributed by atoms with van der Waals surface area (Å²) in [5, 5.41) is 0.815. The Labute approximate surface area is 88.4 Å². The van der Waals surface area contributed by atoms with E-state index < -0.39 is 0 Å². The van der Waals surface area contributed by atoms with E-state index in [-0.39, 0.29) is 17.1 Å². The molecule has 0 saturated heterocycles. The molecule has 2 aromatic carbocycles. The van der Waals surface area contributed by atoms with E-state index >= 15 is 0 Å². The molecule has 2 aromatic rings. The van der Waals surface area contributed by atoms with E-state index in [4.69, 9.17) is 11.6 Å². The van der Waals surface area contributed by atoms with Crippen LogP contribution >= 0.6 is 11.6 Å². The van der Waals surface area contributed by atoms with Crippen LogP contribution < -0.4 is 0 Å². The van der Waals surface area contributed by atoms with Crippen LogP contribution in [0.4, 0.5) is 0 Å². The van der Waals surface area contributed by atoms with Gasteiger partial charge in [-0.05, 0) is 0 Å².